The molecule has 0 unspecified atom stereocenters. The maximum absolute atomic E-state index is 4.54. The molecule has 0 aliphatic heterocycles. The molecule has 0 spiro atoms. The van der Waals surface area contributed by atoms with Gasteiger partial charge in [0.15, 0.2) is 0 Å². The van der Waals surface area contributed by atoms with Crippen molar-refractivity contribution in [2.24, 2.45) is 0 Å². The van der Waals surface area contributed by atoms with Crippen molar-refractivity contribution in [1.29, 1.82) is 0 Å². The van der Waals surface area contributed by atoms with E-state index >= 15 is 0 Å². The third-order valence-corrected chi connectivity index (χ3v) is 4.33. The molecule has 0 saturated carbocycles. The first-order valence-electron chi connectivity index (χ1n) is 6.48. The third kappa shape index (κ3) is 1.84. The van der Waals surface area contributed by atoms with Gasteiger partial charge in [-0.05, 0) is 23.1 Å². The second kappa shape index (κ2) is 4.62. The molecule has 1 N–H and O–H groups in total. The maximum atomic E-state index is 4.54. The van der Waals surface area contributed by atoms with E-state index in [-0.39, 0.29) is 0 Å². The Hall–Kier alpha value is -2.39. The first-order chi connectivity index (χ1) is 9.92. The van der Waals surface area contributed by atoms with Gasteiger partial charge in [-0.1, -0.05) is 36.4 Å². The lowest BCUT2D eigenvalue weighted by Gasteiger charge is -2.02. The lowest BCUT2D eigenvalue weighted by atomic mass is 10.1. The summed E-state index contributed by atoms with van der Waals surface area (Å²) in [4.78, 5) is 9.05. The Bertz CT molecular complexity index is 845. The van der Waals surface area contributed by atoms with Crippen LogP contribution in [0.1, 0.15) is 0 Å². The fourth-order valence-electron chi connectivity index (χ4n) is 2.43. The molecule has 0 radical (unpaired) electrons. The van der Waals surface area contributed by atoms with Crippen LogP contribution in [-0.2, 0) is 0 Å². The van der Waals surface area contributed by atoms with Crippen LogP contribution >= 0.6 is 11.3 Å². The monoisotopic (exact) mass is 276 g/mol. The number of aromatic amines is 1. The highest BCUT2D eigenvalue weighted by atomic mass is 32.1. The summed E-state index contributed by atoms with van der Waals surface area (Å²) in [6.07, 6.45) is 3.96. The van der Waals surface area contributed by atoms with Gasteiger partial charge in [-0.3, -0.25) is 0 Å². The minimum atomic E-state index is 0.938. The summed E-state index contributed by atoms with van der Waals surface area (Å²) < 4.78 is 0. The van der Waals surface area contributed by atoms with Crippen LogP contribution in [0.4, 0.5) is 0 Å². The maximum Gasteiger partial charge on any atom is 0.137 e. The van der Waals surface area contributed by atoms with E-state index in [0.717, 1.165) is 11.2 Å². The summed E-state index contributed by atoms with van der Waals surface area (Å²) in [6, 6.07) is 16.8. The Balaban J connectivity index is 1.92. The summed E-state index contributed by atoms with van der Waals surface area (Å²) in [5.74, 6) is 0. The van der Waals surface area contributed by atoms with Crippen LogP contribution in [0.15, 0.2) is 66.3 Å². The zero-order chi connectivity index (χ0) is 13.4. The number of benzene rings is 1. The summed E-state index contributed by atoms with van der Waals surface area (Å²) in [7, 11) is 0. The van der Waals surface area contributed by atoms with Gasteiger partial charge < -0.3 is 4.98 Å². The lowest BCUT2D eigenvalue weighted by molar-refractivity contribution is 1.33. The Morgan fingerprint density at radius 3 is 2.65 bits per heavy atom. The molecule has 96 valence electrons. The van der Waals surface area contributed by atoms with Crippen LogP contribution in [0.2, 0.25) is 0 Å². The lowest BCUT2D eigenvalue weighted by Crippen LogP contribution is -1.81. The molecule has 0 fully saturated rings. The van der Waals surface area contributed by atoms with E-state index in [1.54, 1.807) is 11.3 Å². The van der Waals surface area contributed by atoms with E-state index in [1.165, 1.54) is 21.4 Å². The Morgan fingerprint density at radius 2 is 1.85 bits per heavy atom. The fraction of sp³-hybridized carbons (Fsp3) is 0. The van der Waals surface area contributed by atoms with E-state index in [1.807, 2.05) is 18.5 Å². The summed E-state index contributed by atoms with van der Waals surface area (Å²) in [6.45, 7) is 0. The van der Waals surface area contributed by atoms with Gasteiger partial charge in [0, 0.05) is 33.8 Å². The molecule has 0 aliphatic carbocycles. The molecule has 4 aromatic rings. The first-order valence-corrected chi connectivity index (χ1v) is 7.36. The van der Waals surface area contributed by atoms with Crippen molar-refractivity contribution in [3.05, 3.63) is 66.3 Å². The normalized spacial score (nSPS) is 11.0. The van der Waals surface area contributed by atoms with Gasteiger partial charge in [-0.2, -0.15) is 0 Å². The smallest absolute Gasteiger partial charge is 0.137 e. The molecular weight excluding hydrogens is 264 g/mol. The molecule has 20 heavy (non-hydrogen) atoms. The van der Waals surface area contributed by atoms with Crippen molar-refractivity contribution in [2.75, 3.05) is 0 Å². The van der Waals surface area contributed by atoms with E-state index in [9.17, 15) is 0 Å². The van der Waals surface area contributed by atoms with Crippen molar-refractivity contribution in [3.8, 4) is 21.6 Å². The molecule has 0 atom stereocenters. The van der Waals surface area contributed by atoms with Crippen LogP contribution in [0, 0.1) is 0 Å². The topological polar surface area (TPSA) is 28.7 Å². The minimum Gasteiger partial charge on any atom is -0.345 e. The summed E-state index contributed by atoms with van der Waals surface area (Å²) >= 11 is 1.75. The molecule has 3 heterocycles. The molecule has 1 aromatic carbocycles. The van der Waals surface area contributed by atoms with Crippen molar-refractivity contribution in [2.45, 2.75) is 0 Å². The van der Waals surface area contributed by atoms with Crippen LogP contribution in [0.25, 0.3) is 32.6 Å². The molecule has 3 heteroatoms. The van der Waals surface area contributed by atoms with Gasteiger partial charge in [0.25, 0.3) is 0 Å². The standard InChI is InChI=1S/C17H12N2S/c1-2-5-12(6-3-1)13-9-14-15(16-7-4-8-20-16)11-19-17(14)18-10-13/h1-11H,(H,18,19). The molecule has 0 bridgehead atoms. The van der Waals surface area contributed by atoms with Crippen molar-refractivity contribution >= 4 is 22.4 Å². The summed E-state index contributed by atoms with van der Waals surface area (Å²) in [5, 5.41) is 3.27. The molecule has 0 saturated heterocycles. The average molecular weight is 276 g/mol. The van der Waals surface area contributed by atoms with Gasteiger partial charge in [-0.25, -0.2) is 4.98 Å². The second-order valence-corrected chi connectivity index (χ2v) is 5.61. The number of hydrogen-bond acceptors (Lipinski definition) is 2. The largest absolute Gasteiger partial charge is 0.345 e. The molecule has 2 nitrogen and oxygen atoms in total. The van der Waals surface area contributed by atoms with E-state index in [0.29, 0.717) is 0 Å². The van der Waals surface area contributed by atoms with E-state index in [2.05, 4.69) is 57.8 Å². The Kier molecular flexibility index (Phi) is 2.64. The van der Waals surface area contributed by atoms with Crippen molar-refractivity contribution in [1.82, 2.24) is 9.97 Å². The number of H-pyrrole nitrogens is 1. The van der Waals surface area contributed by atoms with Crippen LogP contribution < -0.4 is 0 Å². The number of pyridine rings is 1. The predicted octanol–water partition coefficient (Wildman–Crippen LogP) is 4.96. The number of hydrogen-bond donors (Lipinski definition) is 1. The first kappa shape index (κ1) is 11.4. The minimum absolute atomic E-state index is 0.938. The SMILES string of the molecule is c1ccc(-c2cnc3[nH]cc(-c4cccs4)c3c2)cc1. The molecular formula is C17H12N2S. The van der Waals surface area contributed by atoms with Crippen molar-refractivity contribution in [3.63, 3.8) is 0 Å². The van der Waals surface area contributed by atoms with Crippen molar-refractivity contribution < 1.29 is 0 Å². The van der Waals surface area contributed by atoms with Gasteiger partial charge >= 0.3 is 0 Å². The van der Waals surface area contributed by atoms with Gasteiger partial charge in [0.2, 0.25) is 0 Å². The molecule has 3 aromatic heterocycles. The van der Waals surface area contributed by atoms with E-state index < -0.39 is 0 Å². The number of nitrogens with one attached hydrogen (secondary N) is 1. The predicted molar refractivity (Wildman–Crippen MR) is 84.8 cm³/mol. The Labute approximate surface area is 120 Å². The van der Waals surface area contributed by atoms with Gasteiger partial charge in [-0.15, -0.1) is 11.3 Å². The highest BCUT2D eigenvalue weighted by Crippen LogP contribution is 2.33. The molecule has 4 rings (SSSR count). The van der Waals surface area contributed by atoms with Crippen LogP contribution in [0.5, 0.6) is 0 Å². The van der Waals surface area contributed by atoms with Gasteiger partial charge in [0.05, 0.1) is 0 Å². The third-order valence-electron chi connectivity index (χ3n) is 3.42. The Morgan fingerprint density at radius 1 is 0.950 bits per heavy atom. The highest BCUT2D eigenvalue weighted by Gasteiger charge is 2.09. The zero-order valence-electron chi connectivity index (χ0n) is 10.7. The van der Waals surface area contributed by atoms with Crippen LogP contribution in [0.3, 0.4) is 0 Å². The highest BCUT2D eigenvalue weighted by molar-refractivity contribution is 7.13. The molecule has 0 amide bonds. The number of aromatic nitrogens is 2. The fourth-order valence-corrected chi connectivity index (χ4v) is 3.18. The van der Waals surface area contributed by atoms with E-state index in [4.69, 9.17) is 0 Å². The second-order valence-electron chi connectivity index (χ2n) is 4.67. The van der Waals surface area contributed by atoms with Gasteiger partial charge in [0.1, 0.15) is 5.65 Å². The zero-order valence-corrected chi connectivity index (χ0v) is 11.5. The average Bonchev–Trinajstić information content (AvgIpc) is 3.16. The number of thiophene rings is 1. The summed E-state index contributed by atoms with van der Waals surface area (Å²) in [5.41, 5.74) is 4.50. The number of rotatable bonds is 2. The van der Waals surface area contributed by atoms with Crippen LogP contribution in [-0.4, -0.2) is 9.97 Å². The molecule has 0 aliphatic rings. The number of nitrogens with zero attached hydrogens (tertiary/aromatic N) is 1. The number of fused-ring (bicyclic) bond motifs is 1. The quantitative estimate of drug-likeness (QED) is 0.551.